The van der Waals surface area contributed by atoms with Gasteiger partial charge >= 0.3 is 0 Å². The molecule has 0 atom stereocenters. The molecule has 25 heavy (non-hydrogen) atoms. The van der Waals surface area contributed by atoms with Crippen LogP contribution in [0.25, 0.3) is 0 Å². The Kier molecular flexibility index (Phi) is 5.20. The van der Waals surface area contributed by atoms with E-state index in [2.05, 4.69) is 0 Å². The van der Waals surface area contributed by atoms with Gasteiger partial charge in [-0.3, -0.25) is 4.79 Å². The van der Waals surface area contributed by atoms with E-state index in [-0.39, 0.29) is 21.9 Å². The van der Waals surface area contributed by atoms with Crippen LogP contribution < -0.4 is 0 Å². The van der Waals surface area contributed by atoms with Crippen molar-refractivity contribution in [1.82, 2.24) is 9.21 Å². The molecule has 0 unspecified atom stereocenters. The standard InChI is InChI=1S/C17H19ClN2O3S2/c1-19(2)25(22,23)16-10-12(5-8-15(16)18)17(21)20(13-6-7-13)11-14-4-3-9-24-14/h3-5,8-10,13H,6-7,11H2,1-2H3. The summed E-state index contributed by atoms with van der Waals surface area (Å²) in [4.78, 5) is 15.9. The van der Waals surface area contributed by atoms with Crippen molar-refractivity contribution in [2.45, 2.75) is 30.3 Å². The van der Waals surface area contributed by atoms with Crippen molar-refractivity contribution in [2.75, 3.05) is 14.1 Å². The molecule has 0 spiro atoms. The quantitative estimate of drug-likeness (QED) is 0.748. The molecule has 2 aromatic rings. The van der Waals surface area contributed by atoms with Crippen molar-refractivity contribution in [3.63, 3.8) is 0 Å². The number of hydrogen-bond donors (Lipinski definition) is 0. The van der Waals surface area contributed by atoms with Crippen LogP contribution >= 0.6 is 22.9 Å². The first-order chi connectivity index (χ1) is 11.8. The number of hydrogen-bond acceptors (Lipinski definition) is 4. The molecular weight excluding hydrogens is 380 g/mol. The molecule has 0 aliphatic heterocycles. The molecule has 1 fully saturated rings. The van der Waals surface area contributed by atoms with Gasteiger partial charge in [0.1, 0.15) is 4.90 Å². The first kappa shape index (κ1) is 18.4. The van der Waals surface area contributed by atoms with E-state index in [0.29, 0.717) is 12.1 Å². The van der Waals surface area contributed by atoms with Gasteiger partial charge in [-0.1, -0.05) is 17.7 Å². The van der Waals surface area contributed by atoms with E-state index in [1.54, 1.807) is 17.4 Å². The van der Waals surface area contributed by atoms with Crippen LogP contribution in [0.3, 0.4) is 0 Å². The largest absolute Gasteiger partial charge is 0.331 e. The number of halogens is 1. The van der Waals surface area contributed by atoms with Gasteiger partial charge in [0.2, 0.25) is 10.0 Å². The maximum absolute atomic E-state index is 13.0. The summed E-state index contributed by atoms with van der Waals surface area (Å²) < 4.78 is 25.9. The summed E-state index contributed by atoms with van der Waals surface area (Å²) in [6, 6.07) is 8.62. The van der Waals surface area contributed by atoms with Crippen molar-refractivity contribution in [2.24, 2.45) is 0 Å². The van der Waals surface area contributed by atoms with Crippen molar-refractivity contribution < 1.29 is 13.2 Å². The van der Waals surface area contributed by atoms with Crippen molar-refractivity contribution in [3.8, 4) is 0 Å². The van der Waals surface area contributed by atoms with Crippen molar-refractivity contribution in [1.29, 1.82) is 0 Å². The smallest absolute Gasteiger partial charge is 0.254 e. The van der Waals surface area contributed by atoms with Gasteiger partial charge in [-0.15, -0.1) is 11.3 Å². The first-order valence-electron chi connectivity index (χ1n) is 7.86. The third kappa shape index (κ3) is 3.89. The normalized spacial score (nSPS) is 14.7. The summed E-state index contributed by atoms with van der Waals surface area (Å²) in [5.74, 6) is -0.164. The van der Waals surface area contributed by atoms with E-state index in [4.69, 9.17) is 11.6 Å². The number of thiophene rings is 1. The Balaban J connectivity index is 1.93. The van der Waals surface area contributed by atoms with Gasteiger partial charge in [-0.2, -0.15) is 0 Å². The van der Waals surface area contributed by atoms with Crippen molar-refractivity contribution in [3.05, 3.63) is 51.2 Å². The van der Waals surface area contributed by atoms with Crippen LogP contribution in [-0.4, -0.2) is 43.7 Å². The minimum absolute atomic E-state index is 0.0445. The molecule has 1 heterocycles. The minimum atomic E-state index is -3.71. The number of rotatable bonds is 6. The van der Waals surface area contributed by atoms with Crippen LogP contribution in [0.15, 0.2) is 40.6 Å². The molecule has 134 valence electrons. The second-order valence-corrected chi connectivity index (χ2v) is 9.74. The molecule has 0 radical (unpaired) electrons. The molecule has 5 nitrogen and oxygen atoms in total. The van der Waals surface area contributed by atoms with Crippen LogP contribution in [-0.2, 0) is 16.6 Å². The first-order valence-corrected chi connectivity index (χ1v) is 10.6. The number of nitrogens with zero attached hydrogens (tertiary/aromatic N) is 2. The zero-order valence-electron chi connectivity index (χ0n) is 14.0. The third-order valence-electron chi connectivity index (χ3n) is 4.09. The van der Waals surface area contributed by atoms with E-state index in [1.165, 1.54) is 26.2 Å². The Morgan fingerprint density at radius 1 is 1.28 bits per heavy atom. The summed E-state index contributed by atoms with van der Waals surface area (Å²) in [7, 11) is -0.835. The summed E-state index contributed by atoms with van der Waals surface area (Å²) in [5, 5.41) is 2.09. The van der Waals surface area contributed by atoms with Gasteiger partial charge in [0.15, 0.2) is 0 Å². The van der Waals surface area contributed by atoms with Gasteiger partial charge in [-0.05, 0) is 42.5 Å². The number of sulfonamides is 1. The number of carbonyl (C=O) groups is 1. The monoisotopic (exact) mass is 398 g/mol. The fourth-order valence-corrected chi connectivity index (χ4v) is 4.62. The summed E-state index contributed by atoms with van der Waals surface area (Å²) in [5.41, 5.74) is 0.341. The Morgan fingerprint density at radius 2 is 2.00 bits per heavy atom. The Morgan fingerprint density at radius 3 is 2.56 bits per heavy atom. The Bertz CT molecular complexity index is 875. The molecule has 1 amide bonds. The molecule has 1 aliphatic rings. The van der Waals surface area contributed by atoms with Crippen LogP contribution in [0, 0.1) is 0 Å². The van der Waals surface area contributed by atoms with Crippen LogP contribution in [0.4, 0.5) is 0 Å². The molecule has 3 rings (SSSR count). The highest BCUT2D eigenvalue weighted by molar-refractivity contribution is 7.89. The van der Waals surface area contributed by atoms with E-state index in [1.807, 2.05) is 22.4 Å². The lowest BCUT2D eigenvalue weighted by molar-refractivity contribution is 0.0731. The Labute approximate surface area is 156 Å². The third-order valence-corrected chi connectivity index (χ3v) is 7.25. The molecule has 1 saturated carbocycles. The zero-order chi connectivity index (χ0) is 18.2. The van der Waals surface area contributed by atoms with E-state index < -0.39 is 10.0 Å². The number of amides is 1. The molecule has 1 aromatic heterocycles. The second-order valence-electron chi connectivity index (χ2n) is 6.18. The average Bonchev–Trinajstić information content (AvgIpc) is 3.28. The average molecular weight is 399 g/mol. The van der Waals surface area contributed by atoms with E-state index >= 15 is 0 Å². The van der Waals surface area contributed by atoms with Gasteiger partial charge in [0.25, 0.3) is 5.91 Å². The second kappa shape index (κ2) is 7.07. The molecule has 0 N–H and O–H groups in total. The SMILES string of the molecule is CN(C)S(=O)(=O)c1cc(C(=O)N(Cc2cccs2)C2CC2)ccc1Cl. The summed E-state index contributed by atoms with van der Waals surface area (Å²) >= 11 is 7.68. The number of benzene rings is 1. The highest BCUT2D eigenvalue weighted by Crippen LogP contribution is 2.32. The van der Waals surface area contributed by atoms with Gasteiger partial charge in [0, 0.05) is 30.6 Å². The molecule has 0 saturated heterocycles. The fraction of sp³-hybridized carbons (Fsp3) is 0.353. The molecule has 0 bridgehead atoms. The zero-order valence-corrected chi connectivity index (χ0v) is 16.4. The number of carbonyl (C=O) groups excluding carboxylic acids is 1. The lowest BCUT2D eigenvalue weighted by atomic mass is 10.2. The summed E-state index contributed by atoms with van der Waals surface area (Å²) in [6.07, 6.45) is 1.96. The van der Waals surface area contributed by atoms with Crippen LogP contribution in [0.5, 0.6) is 0 Å². The van der Waals surface area contributed by atoms with Gasteiger partial charge in [-0.25, -0.2) is 12.7 Å². The highest BCUT2D eigenvalue weighted by Gasteiger charge is 2.34. The highest BCUT2D eigenvalue weighted by atomic mass is 35.5. The fourth-order valence-electron chi connectivity index (χ4n) is 2.52. The lowest BCUT2D eigenvalue weighted by Crippen LogP contribution is -2.32. The lowest BCUT2D eigenvalue weighted by Gasteiger charge is -2.22. The van der Waals surface area contributed by atoms with Crippen LogP contribution in [0.1, 0.15) is 28.1 Å². The van der Waals surface area contributed by atoms with Crippen molar-refractivity contribution >= 4 is 38.9 Å². The predicted octanol–water partition coefficient (Wildman–Crippen LogP) is 3.46. The van der Waals surface area contributed by atoms with E-state index in [0.717, 1.165) is 22.0 Å². The Hall–Kier alpha value is -1.41. The molecular formula is C17H19ClN2O3S2. The topological polar surface area (TPSA) is 57.7 Å². The maximum atomic E-state index is 13.0. The maximum Gasteiger partial charge on any atom is 0.254 e. The minimum Gasteiger partial charge on any atom is -0.331 e. The van der Waals surface area contributed by atoms with Crippen LogP contribution in [0.2, 0.25) is 5.02 Å². The predicted molar refractivity (Wildman–Crippen MR) is 99.5 cm³/mol. The van der Waals surface area contributed by atoms with E-state index in [9.17, 15) is 13.2 Å². The summed E-state index contributed by atoms with van der Waals surface area (Å²) in [6.45, 7) is 0.541. The van der Waals surface area contributed by atoms with Gasteiger partial charge in [0.05, 0.1) is 11.6 Å². The molecule has 8 heteroatoms. The molecule has 1 aromatic carbocycles. The van der Waals surface area contributed by atoms with Gasteiger partial charge < -0.3 is 4.90 Å². The molecule has 1 aliphatic carbocycles.